The molecule has 0 bridgehead atoms. The van der Waals surface area contributed by atoms with E-state index in [9.17, 15) is 18.3 Å². The number of aryl methyl sites for hydroxylation is 1. The molecule has 0 saturated carbocycles. The molecule has 0 spiro atoms. The zero-order chi connectivity index (χ0) is 15.9. The Morgan fingerprint density at radius 1 is 1.38 bits per heavy atom. The number of likely N-dealkylation sites (N-methyl/N-ethyl adjacent to an activating group) is 1. The minimum absolute atomic E-state index is 0.182. The number of carboxylic acids is 1. The van der Waals surface area contributed by atoms with Crippen molar-refractivity contribution in [2.75, 3.05) is 13.3 Å². The quantitative estimate of drug-likeness (QED) is 0.887. The molecule has 1 aromatic heterocycles. The second-order valence-electron chi connectivity index (χ2n) is 5.07. The number of carbonyl (C=O) groups is 1. The number of fused-ring (bicyclic) bond motifs is 1. The molecule has 0 amide bonds. The lowest BCUT2D eigenvalue weighted by Gasteiger charge is -2.12. The molecule has 2 aromatic rings. The molecule has 0 radical (unpaired) electrons. The average Bonchev–Trinajstić information content (AvgIpc) is 2.63. The van der Waals surface area contributed by atoms with E-state index in [0.29, 0.717) is 10.9 Å². The third-order valence-electron chi connectivity index (χ3n) is 3.76. The number of aromatic nitrogens is 1. The van der Waals surface area contributed by atoms with Crippen molar-refractivity contribution < 1.29 is 18.3 Å². The molecule has 2 N–H and O–H groups in total. The van der Waals surface area contributed by atoms with Crippen LogP contribution in [0.3, 0.4) is 0 Å². The summed E-state index contributed by atoms with van der Waals surface area (Å²) in [5.41, 5.74) is 2.18. The first-order valence-electron chi connectivity index (χ1n) is 6.37. The van der Waals surface area contributed by atoms with E-state index in [1.165, 1.54) is 6.07 Å². The summed E-state index contributed by atoms with van der Waals surface area (Å²) in [5.74, 6) is -1.00. The smallest absolute Gasteiger partial charge is 0.325 e. The number of rotatable bonds is 4. The van der Waals surface area contributed by atoms with Gasteiger partial charge in [0.05, 0.1) is 4.90 Å². The van der Waals surface area contributed by atoms with Gasteiger partial charge in [-0.3, -0.25) is 4.79 Å². The number of benzene rings is 1. The van der Waals surface area contributed by atoms with Crippen LogP contribution < -0.4 is 5.32 Å². The zero-order valence-corrected chi connectivity index (χ0v) is 13.2. The fraction of sp³-hybridized carbons (Fsp3) is 0.357. The van der Waals surface area contributed by atoms with Gasteiger partial charge in [-0.1, -0.05) is 0 Å². The molecule has 1 unspecified atom stereocenters. The summed E-state index contributed by atoms with van der Waals surface area (Å²) in [6.07, 6.45) is 1.14. The third kappa shape index (κ3) is 2.54. The van der Waals surface area contributed by atoms with Gasteiger partial charge in [0.1, 0.15) is 6.04 Å². The van der Waals surface area contributed by atoms with Gasteiger partial charge in [-0.15, -0.1) is 0 Å². The Morgan fingerprint density at radius 2 is 2.00 bits per heavy atom. The fourth-order valence-electron chi connectivity index (χ4n) is 2.57. The molecule has 2 rings (SSSR count). The number of hydrogen-bond acceptors (Lipinski definition) is 4. The summed E-state index contributed by atoms with van der Waals surface area (Å²) >= 11 is 0. The maximum atomic E-state index is 11.7. The van der Waals surface area contributed by atoms with E-state index in [-0.39, 0.29) is 4.90 Å². The summed E-state index contributed by atoms with van der Waals surface area (Å²) < 4.78 is 25.3. The first-order valence-corrected chi connectivity index (χ1v) is 8.26. The highest BCUT2D eigenvalue weighted by Crippen LogP contribution is 2.31. The fourth-order valence-corrected chi connectivity index (χ4v) is 3.21. The van der Waals surface area contributed by atoms with Crippen LogP contribution in [0.2, 0.25) is 0 Å². The molecule has 21 heavy (non-hydrogen) atoms. The van der Waals surface area contributed by atoms with Crippen molar-refractivity contribution in [1.82, 2.24) is 9.88 Å². The van der Waals surface area contributed by atoms with Crippen molar-refractivity contribution >= 4 is 26.7 Å². The minimum atomic E-state index is -3.34. The first kappa shape index (κ1) is 15.5. The Bertz CT molecular complexity index is 821. The van der Waals surface area contributed by atoms with Crippen LogP contribution >= 0.6 is 0 Å². The largest absolute Gasteiger partial charge is 0.480 e. The van der Waals surface area contributed by atoms with E-state index in [0.717, 1.165) is 17.5 Å². The molecular weight excluding hydrogens is 292 g/mol. The Balaban J connectivity index is 2.86. The highest BCUT2D eigenvalue weighted by Gasteiger charge is 2.25. The van der Waals surface area contributed by atoms with Crippen molar-refractivity contribution in [2.24, 2.45) is 7.05 Å². The lowest BCUT2D eigenvalue weighted by atomic mass is 10.0. The number of nitrogens with one attached hydrogen (secondary N) is 1. The van der Waals surface area contributed by atoms with Crippen LogP contribution in [-0.2, 0) is 21.7 Å². The topological polar surface area (TPSA) is 88.4 Å². The first-order chi connectivity index (χ1) is 9.68. The van der Waals surface area contributed by atoms with Crippen LogP contribution in [0.25, 0.3) is 10.9 Å². The van der Waals surface area contributed by atoms with Gasteiger partial charge < -0.3 is 15.0 Å². The summed E-state index contributed by atoms with van der Waals surface area (Å²) in [7, 11) is 0.0518. The van der Waals surface area contributed by atoms with Crippen molar-refractivity contribution in [2.45, 2.75) is 17.9 Å². The molecule has 7 heteroatoms. The predicted molar refractivity (Wildman–Crippen MR) is 80.2 cm³/mol. The van der Waals surface area contributed by atoms with E-state index in [1.54, 1.807) is 19.2 Å². The normalized spacial score (nSPS) is 13.5. The van der Waals surface area contributed by atoms with Gasteiger partial charge >= 0.3 is 5.97 Å². The van der Waals surface area contributed by atoms with Gasteiger partial charge in [-0.05, 0) is 32.2 Å². The molecular formula is C14H18N2O4S. The van der Waals surface area contributed by atoms with Gasteiger partial charge in [0.15, 0.2) is 9.84 Å². The average molecular weight is 310 g/mol. The molecule has 6 nitrogen and oxygen atoms in total. The monoisotopic (exact) mass is 310 g/mol. The van der Waals surface area contributed by atoms with Crippen LogP contribution in [0.5, 0.6) is 0 Å². The second kappa shape index (κ2) is 5.16. The molecule has 0 aliphatic heterocycles. The summed E-state index contributed by atoms with van der Waals surface area (Å²) in [4.78, 5) is 11.6. The van der Waals surface area contributed by atoms with E-state index >= 15 is 0 Å². The van der Waals surface area contributed by atoms with E-state index in [4.69, 9.17) is 0 Å². The second-order valence-corrected chi connectivity index (χ2v) is 7.08. The molecule has 1 aromatic carbocycles. The minimum Gasteiger partial charge on any atom is -0.480 e. The van der Waals surface area contributed by atoms with E-state index in [1.807, 2.05) is 18.5 Å². The molecule has 114 valence electrons. The van der Waals surface area contributed by atoms with E-state index in [2.05, 4.69) is 5.32 Å². The predicted octanol–water partition coefficient (Wildman–Crippen LogP) is 1.24. The Hall–Kier alpha value is -1.86. The SMILES string of the molecule is CNC(C(=O)O)c1c(C)n(C)c2ccc(S(C)(=O)=O)cc12. The lowest BCUT2D eigenvalue weighted by molar-refractivity contribution is -0.139. The van der Waals surface area contributed by atoms with Gasteiger partial charge in [-0.2, -0.15) is 0 Å². The van der Waals surface area contributed by atoms with Crippen molar-refractivity contribution in [3.63, 3.8) is 0 Å². The molecule has 1 atom stereocenters. The third-order valence-corrected chi connectivity index (χ3v) is 4.88. The number of hydrogen-bond donors (Lipinski definition) is 2. The molecule has 0 aliphatic carbocycles. The highest BCUT2D eigenvalue weighted by atomic mass is 32.2. The maximum absolute atomic E-state index is 11.7. The molecule has 0 saturated heterocycles. The van der Waals surface area contributed by atoms with Crippen LogP contribution in [0.1, 0.15) is 17.3 Å². The standard InChI is InChI=1S/C14H18N2O4S/c1-8-12(13(15-2)14(17)18)10-7-9(21(4,19)20)5-6-11(10)16(8)3/h5-7,13,15H,1-4H3,(H,17,18). The highest BCUT2D eigenvalue weighted by molar-refractivity contribution is 7.90. The molecule has 0 aliphatic rings. The summed E-state index contributed by atoms with van der Waals surface area (Å²) in [6.45, 7) is 1.82. The van der Waals surface area contributed by atoms with Crippen molar-refractivity contribution in [3.05, 3.63) is 29.5 Å². The van der Waals surface area contributed by atoms with Crippen LogP contribution in [0.15, 0.2) is 23.1 Å². The van der Waals surface area contributed by atoms with Gasteiger partial charge in [0.2, 0.25) is 0 Å². The van der Waals surface area contributed by atoms with Gasteiger partial charge in [0.25, 0.3) is 0 Å². The van der Waals surface area contributed by atoms with Crippen molar-refractivity contribution in [1.29, 1.82) is 0 Å². The zero-order valence-electron chi connectivity index (χ0n) is 12.3. The van der Waals surface area contributed by atoms with Gasteiger partial charge in [-0.25, -0.2) is 8.42 Å². The Labute approximate surface area is 123 Å². The van der Waals surface area contributed by atoms with Crippen LogP contribution in [0.4, 0.5) is 0 Å². The maximum Gasteiger partial charge on any atom is 0.325 e. The Kier molecular flexibility index (Phi) is 3.81. The summed E-state index contributed by atoms with van der Waals surface area (Å²) in [6, 6.07) is 3.90. The number of nitrogens with zero attached hydrogens (tertiary/aromatic N) is 1. The van der Waals surface area contributed by atoms with Gasteiger partial charge in [0, 0.05) is 35.5 Å². The molecule has 1 heterocycles. The van der Waals surface area contributed by atoms with E-state index < -0.39 is 21.8 Å². The Morgan fingerprint density at radius 3 is 2.48 bits per heavy atom. The van der Waals surface area contributed by atoms with Crippen molar-refractivity contribution in [3.8, 4) is 0 Å². The number of sulfone groups is 1. The molecule has 0 fully saturated rings. The summed E-state index contributed by atoms with van der Waals surface area (Å²) in [5, 5.41) is 12.8. The lowest BCUT2D eigenvalue weighted by Crippen LogP contribution is -2.25. The van der Waals surface area contributed by atoms with Crippen LogP contribution in [-0.4, -0.2) is 37.4 Å². The number of aliphatic carboxylic acids is 1. The van der Waals surface area contributed by atoms with Crippen LogP contribution in [0, 0.1) is 6.92 Å². The number of carboxylic acid groups (broad SMARTS) is 1.